The van der Waals surface area contributed by atoms with Crippen LogP contribution in [0.15, 0.2) is 60.7 Å². The van der Waals surface area contributed by atoms with E-state index in [-0.39, 0.29) is 5.91 Å². The smallest absolute Gasteiger partial charge is 0.261 e. The number of fused-ring (bicyclic) bond motifs is 4. The average Bonchev–Trinajstić information content (AvgIpc) is 3.15. The summed E-state index contributed by atoms with van der Waals surface area (Å²) in [5, 5.41) is 5.47. The van der Waals surface area contributed by atoms with Crippen LogP contribution < -0.4 is 14.8 Å². The van der Waals surface area contributed by atoms with Gasteiger partial charge in [0.05, 0.1) is 23.2 Å². The minimum atomic E-state index is -0.247. The molecule has 0 aliphatic carbocycles. The first kappa shape index (κ1) is 16.8. The molecule has 0 saturated heterocycles. The second kappa shape index (κ2) is 6.65. The Morgan fingerprint density at radius 1 is 1.11 bits per heavy atom. The number of amides is 1. The molecule has 0 spiro atoms. The first-order chi connectivity index (χ1) is 13.7. The lowest BCUT2D eigenvalue weighted by atomic mass is 10.1. The van der Waals surface area contributed by atoms with Gasteiger partial charge in [-0.2, -0.15) is 0 Å². The molecule has 1 amide bonds. The fourth-order valence-corrected chi connectivity index (χ4v) is 4.26. The van der Waals surface area contributed by atoms with Crippen molar-refractivity contribution in [3.8, 4) is 22.8 Å². The molecule has 3 aromatic carbocycles. The van der Waals surface area contributed by atoms with Gasteiger partial charge in [-0.25, -0.2) is 4.98 Å². The Bertz CT molecular complexity index is 1220. The number of hydrogen-bond donors (Lipinski definition) is 1. The summed E-state index contributed by atoms with van der Waals surface area (Å²) < 4.78 is 11.2. The number of carbonyl (C=O) groups excluding carboxylic acids is 1. The second-order valence-electron chi connectivity index (χ2n) is 6.43. The van der Waals surface area contributed by atoms with E-state index in [1.165, 1.54) is 11.3 Å². The van der Waals surface area contributed by atoms with E-state index in [4.69, 9.17) is 9.47 Å². The van der Waals surface area contributed by atoms with Gasteiger partial charge < -0.3 is 9.47 Å². The summed E-state index contributed by atoms with van der Waals surface area (Å²) in [5.74, 6) is 1.10. The highest BCUT2D eigenvalue weighted by molar-refractivity contribution is 7.16. The van der Waals surface area contributed by atoms with Gasteiger partial charge >= 0.3 is 0 Å². The van der Waals surface area contributed by atoms with Crippen molar-refractivity contribution in [1.82, 2.24) is 4.98 Å². The molecule has 1 aliphatic heterocycles. The second-order valence-corrected chi connectivity index (χ2v) is 7.51. The van der Waals surface area contributed by atoms with Gasteiger partial charge in [0.1, 0.15) is 18.1 Å². The van der Waals surface area contributed by atoms with E-state index in [1.807, 2.05) is 60.7 Å². The zero-order valence-electron chi connectivity index (χ0n) is 15.1. The van der Waals surface area contributed by atoms with E-state index >= 15 is 0 Å². The van der Waals surface area contributed by atoms with Gasteiger partial charge in [-0.05, 0) is 35.0 Å². The van der Waals surface area contributed by atoms with Gasteiger partial charge in [0.2, 0.25) is 0 Å². The number of benzene rings is 3. The first-order valence-electron chi connectivity index (χ1n) is 8.83. The molecule has 0 atom stereocenters. The molecule has 4 aromatic rings. The minimum Gasteiger partial charge on any atom is -0.496 e. The molecular formula is C22H16N2O3S. The van der Waals surface area contributed by atoms with Crippen molar-refractivity contribution < 1.29 is 14.3 Å². The third kappa shape index (κ3) is 2.78. The zero-order valence-corrected chi connectivity index (χ0v) is 15.9. The van der Waals surface area contributed by atoms with E-state index in [0.29, 0.717) is 23.1 Å². The van der Waals surface area contributed by atoms with Crippen molar-refractivity contribution in [2.75, 3.05) is 12.4 Å². The van der Waals surface area contributed by atoms with Crippen LogP contribution in [0, 0.1) is 0 Å². The number of aromatic nitrogens is 1. The molecule has 138 valence electrons. The Balaban J connectivity index is 1.49. The van der Waals surface area contributed by atoms with Crippen molar-refractivity contribution in [1.29, 1.82) is 0 Å². The van der Waals surface area contributed by atoms with E-state index in [0.717, 1.165) is 32.7 Å². The Morgan fingerprint density at radius 2 is 1.86 bits per heavy atom. The van der Waals surface area contributed by atoms with Crippen LogP contribution in [0.3, 0.4) is 0 Å². The van der Waals surface area contributed by atoms with Crippen LogP contribution in [0.25, 0.3) is 22.0 Å². The first-order valence-corrected chi connectivity index (χ1v) is 9.64. The molecule has 0 radical (unpaired) electrons. The standard InChI is InChI=1S/C22H16N2O3S/c1-26-18-11-14-7-3-2-6-13(14)10-16(18)21(25)24-22-23-20-15-8-4-5-9-17(15)27-12-19(20)28-22/h2-11H,12H2,1H3,(H,23,24,25). The molecule has 5 rings (SSSR count). The van der Waals surface area contributed by atoms with Crippen molar-refractivity contribution in [2.24, 2.45) is 0 Å². The van der Waals surface area contributed by atoms with Gasteiger partial charge in [-0.3, -0.25) is 10.1 Å². The number of anilines is 1. The summed E-state index contributed by atoms with van der Waals surface area (Å²) in [4.78, 5) is 18.6. The maximum Gasteiger partial charge on any atom is 0.261 e. The summed E-state index contributed by atoms with van der Waals surface area (Å²) >= 11 is 1.43. The number of hydrogen-bond acceptors (Lipinski definition) is 5. The molecule has 28 heavy (non-hydrogen) atoms. The SMILES string of the molecule is COc1cc2ccccc2cc1C(=O)Nc1nc2c(s1)COc1ccccc1-2. The molecule has 1 N–H and O–H groups in total. The predicted octanol–water partition coefficient (Wildman–Crippen LogP) is 5.12. The summed E-state index contributed by atoms with van der Waals surface area (Å²) in [6.07, 6.45) is 0. The van der Waals surface area contributed by atoms with Crippen LogP contribution >= 0.6 is 11.3 Å². The van der Waals surface area contributed by atoms with Crippen LogP contribution in [0.1, 0.15) is 15.2 Å². The van der Waals surface area contributed by atoms with Crippen molar-refractivity contribution in [3.05, 3.63) is 71.1 Å². The molecule has 1 aliphatic rings. The molecule has 0 unspecified atom stereocenters. The fourth-order valence-electron chi connectivity index (χ4n) is 3.38. The van der Waals surface area contributed by atoms with E-state index in [2.05, 4.69) is 10.3 Å². The van der Waals surface area contributed by atoms with Crippen LogP contribution in [0.5, 0.6) is 11.5 Å². The van der Waals surface area contributed by atoms with Crippen LogP contribution in [-0.4, -0.2) is 18.0 Å². The monoisotopic (exact) mass is 388 g/mol. The predicted molar refractivity (Wildman–Crippen MR) is 110 cm³/mol. The van der Waals surface area contributed by atoms with E-state index in [9.17, 15) is 4.79 Å². The number of thiazole rings is 1. The highest BCUT2D eigenvalue weighted by Crippen LogP contribution is 2.40. The molecule has 1 aromatic heterocycles. The molecular weight excluding hydrogens is 372 g/mol. The highest BCUT2D eigenvalue weighted by Gasteiger charge is 2.23. The number of nitrogens with one attached hydrogen (secondary N) is 1. The Labute approximate surface area is 165 Å². The van der Waals surface area contributed by atoms with Crippen LogP contribution in [0.2, 0.25) is 0 Å². The number of nitrogens with zero attached hydrogens (tertiary/aromatic N) is 1. The van der Waals surface area contributed by atoms with Crippen molar-refractivity contribution in [3.63, 3.8) is 0 Å². The Hall–Kier alpha value is -3.38. The number of para-hydroxylation sites is 1. The molecule has 0 saturated carbocycles. The lowest BCUT2D eigenvalue weighted by Crippen LogP contribution is -2.13. The summed E-state index contributed by atoms with van der Waals surface area (Å²) in [6.45, 7) is 0.458. The Kier molecular flexibility index (Phi) is 3.98. The normalized spacial score (nSPS) is 12.0. The summed E-state index contributed by atoms with van der Waals surface area (Å²) in [6, 6.07) is 19.4. The Morgan fingerprint density at radius 3 is 2.68 bits per heavy atom. The number of ether oxygens (including phenoxy) is 2. The molecule has 5 nitrogen and oxygen atoms in total. The maximum atomic E-state index is 12.9. The van der Waals surface area contributed by atoms with Crippen LogP contribution in [-0.2, 0) is 6.61 Å². The average molecular weight is 388 g/mol. The molecule has 0 fully saturated rings. The maximum absolute atomic E-state index is 12.9. The fraction of sp³-hybridized carbons (Fsp3) is 0.0909. The third-order valence-electron chi connectivity index (χ3n) is 4.73. The lowest BCUT2D eigenvalue weighted by Gasteiger charge is -2.15. The van der Waals surface area contributed by atoms with Gasteiger partial charge in [0.25, 0.3) is 5.91 Å². The van der Waals surface area contributed by atoms with Gasteiger partial charge in [-0.1, -0.05) is 47.7 Å². The van der Waals surface area contributed by atoms with Crippen LogP contribution in [0.4, 0.5) is 5.13 Å². The van der Waals surface area contributed by atoms with E-state index < -0.39 is 0 Å². The molecule has 0 bridgehead atoms. The topological polar surface area (TPSA) is 60.5 Å². The zero-order chi connectivity index (χ0) is 19.1. The van der Waals surface area contributed by atoms with Gasteiger partial charge in [0.15, 0.2) is 5.13 Å². The summed E-state index contributed by atoms with van der Waals surface area (Å²) in [5.41, 5.74) is 2.29. The van der Waals surface area contributed by atoms with Gasteiger partial charge in [-0.15, -0.1) is 0 Å². The molecule has 6 heteroatoms. The lowest BCUT2D eigenvalue weighted by molar-refractivity contribution is 0.102. The number of carbonyl (C=O) groups is 1. The summed E-state index contributed by atoms with van der Waals surface area (Å²) in [7, 11) is 1.57. The number of rotatable bonds is 3. The van der Waals surface area contributed by atoms with Crippen molar-refractivity contribution in [2.45, 2.75) is 6.61 Å². The van der Waals surface area contributed by atoms with Crippen molar-refractivity contribution >= 4 is 33.1 Å². The van der Waals surface area contributed by atoms with Gasteiger partial charge in [0, 0.05) is 5.56 Å². The minimum absolute atomic E-state index is 0.247. The third-order valence-corrected chi connectivity index (χ3v) is 5.68. The molecule has 2 heterocycles. The number of methoxy groups -OCH3 is 1. The highest BCUT2D eigenvalue weighted by atomic mass is 32.1. The van der Waals surface area contributed by atoms with E-state index in [1.54, 1.807) is 7.11 Å². The quantitative estimate of drug-likeness (QED) is 0.529. The largest absolute Gasteiger partial charge is 0.496 e.